The van der Waals surface area contributed by atoms with Crippen molar-refractivity contribution in [2.24, 2.45) is 0 Å². The molecule has 0 bridgehead atoms. The molecule has 6 nitrogen and oxygen atoms in total. The quantitative estimate of drug-likeness (QED) is 0.833. The van der Waals surface area contributed by atoms with E-state index >= 15 is 0 Å². The zero-order chi connectivity index (χ0) is 19.0. The minimum Gasteiger partial charge on any atom is -0.308 e. The molecule has 27 heavy (non-hydrogen) atoms. The first kappa shape index (κ1) is 17.7. The molecule has 3 heterocycles. The van der Waals surface area contributed by atoms with E-state index in [1.165, 1.54) is 0 Å². The highest BCUT2D eigenvalue weighted by molar-refractivity contribution is 5.94. The van der Waals surface area contributed by atoms with Crippen molar-refractivity contribution in [2.45, 2.75) is 52.4 Å². The van der Waals surface area contributed by atoms with Crippen LogP contribution in [0.4, 0.5) is 10.1 Å². The first-order valence-corrected chi connectivity index (χ1v) is 9.38. The SMILES string of the molecule is Cc1cc(C)n(CC(=O)N2CCCc3c2cnn3CC2=CC[C@@H](F)C=C2)n1. The number of hydrogen-bond donors (Lipinski definition) is 0. The second-order valence-electron chi connectivity index (χ2n) is 7.26. The van der Waals surface area contributed by atoms with Crippen LogP contribution in [0.15, 0.2) is 36.1 Å². The van der Waals surface area contributed by atoms with Crippen LogP contribution in [-0.2, 0) is 24.3 Å². The summed E-state index contributed by atoms with van der Waals surface area (Å²) in [4.78, 5) is 14.7. The zero-order valence-electron chi connectivity index (χ0n) is 15.7. The lowest BCUT2D eigenvalue weighted by molar-refractivity contribution is -0.119. The number of anilines is 1. The van der Waals surface area contributed by atoms with Crippen molar-refractivity contribution in [3.05, 3.63) is 53.1 Å². The standard InChI is InChI=1S/C20H24FN5O/c1-14-10-15(2)25(23-14)13-20(27)24-9-3-4-18-19(24)11-22-26(18)12-16-5-7-17(21)8-6-16/h5-7,10-11,17H,3-4,8-9,12-13H2,1-2H3/t17-/m0/s1. The molecule has 0 saturated carbocycles. The molecule has 2 aliphatic rings. The fourth-order valence-corrected chi connectivity index (χ4v) is 3.78. The number of amides is 1. The maximum atomic E-state index is 13.3. The summed E-state index contributed by atoms with van der Waals surface area (Å²) >= 11 is 0. The van der Waals surface area contributed by atoms with Crippen molar-refractivity contribution in [3.63, 3.8) is 0 Å². The molecule has 1 aliphatic heterocycles. The van der Waals surface area contributed by atoms with Crippen LogP contribution in [0.5, 0.6) is 0 Å². The number of alkyl halides is 1. The Bertz CT molecular complexity index is 923. The van der Waals surface area contributed by atoms with Gasteiger partial charge in [-0.15, -0.1) is 0 Å². The molecule has 7 heteroatoms. The summed E-state index contributed by atoms with van der Waals surface area (Å²) in [6.07, 6.45) is 8.45. The summed E-state index contributed by atoms with van der Waals surface area (Å²) < 4.78 is 16.9. The average Bonchev–Trinajstić information content (AvgIpc) is 3.19. The van der Waals surface area contributed by atoms with Crippen LogP contribution >= 0.6 is 0 Å². The van der Waals surface area contributed by atoms with E-state index in [2.05, 4.69) is 10.2 Å². The van der Waals surface area contributed by atoms with Crippen LogP contribution in [0.1, 0.15) is 29.9 Å². The summed E-state index contributed by atoms with van der Waals surface area (Å²) in [5.41, 5.74) is 4.91. The molecule has 1 amide bonds. The topological polar surface area (TPSA) is 56.0 Å². The predicted molar refractivity (Wildman–Crippen MR) is 101 cm³/mol. The molecule has 4 rings (SSSR count). The molecular formula is C20H24FN5O. The number of carbonyl (C=O) groups is 1. The third-order valence-corrected chi connectivity index (χ3v) is 5.16. The predicted octanol–water partition coefficient (Wildman–Crippen LogP) is 2.90. The molecule has 0 N–H and O–H groups in total. The van der Waals surface area contributed by atoms with E-state index in [1.807, 2.05) is 41.6 Å². The van der Waals surface area contributed by atoms with Gasteiger partial charge in [0.25, 0.3) is 0 Å². The first-order chi connectivity index (χ1) is 13.0. The van der Waals surface area contributed by atoms with E-state index in [0.29, 0.717) is 19.5 Å². The van der Waals surface area contributed by atoms with Crippen molar-refractivity contribution in [1.82, 2.24) is 19.6 Å². The molecule has 0 saturated heterocycles. The molecule has 1 atom stereocenters. The van der Waals surface area contributed by atoms with E-state index in [1.54, 1.807) is 17.0 Å². The second kappa shape index (κ2) is 7.13. The Balaban J connectivity index is 1.52. The lowest BCUT2D eigenvalue weighted by Gasteiger charge is -2.27. The Hall–Kier alpha value is -2.70. The second-order valence-corrected chi connectivity index (χ2v) is 7.26. The van der Waals surface area contributed by atoms with Crippen molar-refractivity contribution in [1.29, 1.82) is 0 Å². The van der Waals surface area contributed by atoms with Gasteiger partial charge in [0.05, 0.1) is 29.8 Å². The highest BCUT2D eigenvalue weighted by Gasteiger charge is 2.27. The number of nitrogens with zero attached hydrogens (tertiary/aromatic N) is 5. The summed E-state index contributed by atoms with van der Waals surface area (Å²) in [7, 11) is 0. The molecule has 142 valence electrons. The Morgan fingerprint density at radius 2 is 2.19 bits per heavy atom. The van der Waals surface area contributed by atoms with E-state index in [0.717, 1.165) is 41.2 Å². The van der Waals surface area contributed by atoms with Crippen LogP contribution in [0.2, 0.25) is 0 Å². The Labute approximate surface area is 158 Å². The third kappa shape index (κ3) is 3.59. The number of hydrogen-bond acceptors (Lipinski definition) is 3. The van der Waals surface area contributed by atoms with Crippen molar-refractivity contribution >= 4 is 11.6 Å². The summed E-state index contributed by atoms with van der Waals surface area (Å²) in [6, 6.07) is 1.97. The highest BCUT2D eigenvalue weighted by atomic mass is 19.1. The van der Waals surface area contributed by atoms with Gasteiger partial charge in [-0.3, -0.25) is 14.2 Å². The largest absolute Gasteiger partial charge is 0.308 e. The molecule has 0 fully saturated rings. The van der Waals surface area contributed by atoms with Gasteiger partial charge in [0.2, 0.25) is 5.91 Å². The molecule has 1 aliphatic carbocycles. The number of aryl methyl sites for hydroxylation is 2. The molecule has 0 unspecified atom stereocenters. The fraction of sp³-hybridized carbons (Fsp3) is 0.450. The van der Waals surface area contributed by atoms with Crippen LogP contribution in [0.3, 0.4) is 0 Å². The Kier molecular flexibility index (Phi) is 4.68. The fourth-order valence-electron chi connectivity index (χ4n) is 3.78. The minimum atomic E-state index is -0.886. The van der Waals surface area contributed by atoms with E-state index in [9.17, 15) is 9.18 Å². The minimum absolute atomic E-state index is 0.0266. The number of carbonyl (C=O) groups excluding carboxylic acids is 1. The number of halogens is 1. The van der Waals surface area contributed by atoms with Crippen LogP contribution in [0.25, 0.3) is 0 Å². The van der Waals surface area contributed by atoms with Gasteiger partial charge in [-0.05, 0) is 38.3 Å². The van der Waals surface area contributed by atoms with Crippen molar-refractivity contribution < 1.29 is 9.18 Å². The number of aromatic nitrogens is 4. The molecular weight excluding hydrogens is 345 g/mol. The van der Waals surface area contributed by atoms with Crippen LogP contribution < -0.4 is 4.90 Å². The van der Waals surface area contributed by atoms with Gasteiger partial charge in [0, 0.05) is 18.7 Å². The number of allylic oxidation sites excluding steroid dienone is 4. The molecule has 2 aromatic heterocycles. The van der Waals surface area contributed by atoms with Gasteiger partial charge in [0.15, 0.2) is 0 Å². The summed E-state index contributed by atoms with van der Waals surface area (Å²) in [5.74, 6) is 0.0266. The molecule has 0 aromatic carbocycles. The molecule has 0 spiro atoms. The van der Waals surface area contributed by atoms with Gasteiger partial charge in [-0.1, -0.05) is 18.2 Å². The summed E-state index contributed by atoms with van der Waals surface area (Å²) in [6.45, 7) is 5.42. The number of fused-ring (bicyclic) bond motifs is 1. The Morgan fingerprint density at radius 1 is 1.33 bits per heavy atom. The van der Waals surface area contributed by atoms with Gasteiger partial charge in [-0.2, -0.15) is 10.2 Å². The van der Waals surface area contributed by atoms with E-state index in [-0.39, 0.29) is 12.5 Å². The van der Waals surface area contributed by atoms with Gasteiger partial charge >= 0.3 is 0 Å². The normalized spacial score (nSPS) is 19.1. The maximum Gasteiger partial charge on any atom is 0.248 e. The van der Waals surface area contributed by atoms with Crippen molar-refractivity contribution in [3.8, 4) is 0 Å². The lowest BCUT2D eigenvalue weighted by Crippen LogP contribution is -2.38. The smallest absolute Gasteiger partial charge is 0.248 e. The van der Waals surface area contributed by atoms with E-state index in [4.69, 9.17) is 0 Å². The van der Waals surface area contributed by atoms with Crippen LogP contribution in [-0.4, -0.2) is 38.2 Å². The Morgan fingerprint density at radius 3 is 2.89 bits per heavy atom. The molecule has 2 aromatic rings. The third-order valence-electron chi connectivity index (χ3n) is 5.16. The number of rotatable bonds is 4. The van der Waals surface area contributed by atoms with Gasteiger partial charge in [0.1, 0.15) is 12.7 Å². The van der Waals surface area contributed by atoms with Gasteiger partial charge in [-0.25, -0.2) is 4.39 Å². The molecule has 0 radical (unpaired) electrons. The average molecular weight is 369 g/mol. The van der Waals surface area contributed by atoms with Crippen LogP contribution in [0, 0.1) is 13.8 Å². The highest BCUT2D eigenvalue weighted by Crippen LogP contribution is 2.28. The monoisotopic (exact) mass is 369 g/mol. The first-order valence-electron chi connectivity index (χ1n) is 9.38. The lowest BCUT2D eigenvalue weighted by atomic mass is 10.1. The van der Waals surface area contributed by atoms with Gasteiger partial charge < -0.3 is 4.90 Å². The van der Waals surface area contributed by atoms with E-state index < -0.39 is 6.17 Å². The zero-order valence-corrected chi connectivity index (χ0v) is 15.7. The maximum absolute atomic E-state index is 13.3. The van der Waals surface area contributed by atoms with Crippen molar-refractivity contribution in [2.75, 3.05) is 11.4 Å². The summed E-state index contributed by atoms with van der Waals surface area (Å²) in [5, 5.41) is 8.90.